The number of nitrogens with zero attached hydrogens (tertiary/aromatic N) is 2. The number of carbonyl (C=O) groups excluding carboxylic acids is 1. The molecule has 0 radical (unpaired) electrons. The Morgan fingerprint density at radius 2 is 1.83 bits per heavy atom. The van der Waals surface area contributed by atoms with Crippen LogP contribution in [-0.2, 0) is 4.79 Å². The van der Waals surface area contributed by atoms with E-state index in [1.54, 1.807) is 24.2 Å². The molecule has 2 rings (SSSR count). The molecule has 0 saturated carbocycles. The number of amides is 1. The van der Waals surface area contributed by atoms with Gasteiger partial charge in [-0.05, 0) is 24.5 Å². The smallest absolute Gasteiger partial charge is 0.230 e. The third-order valence-corrected chi connectivity index (χ3v) is 5.08. The fourth-order valence-corrected chi connectivity index (χ4v) is 3.52. The van der Waals surface area contributed by atoms with Gasteiger partial charge in [0.1, 0.15) is 10.1 Å². The molecule has 23 heavy (non-hydrogen) atoms. The zero-order valence-electron chi connectivity index (χ0n) is 13.4. The van der Waals surface area contributed by atoms with Crippen LogP contribution in [0.5, 0.6) is 0 Å². The Morgan fingerprint density at radius 3 is 2.52 bits per heavy atom. The first kappa shape index (κ1) is 17.8. The molecule has 0 fully saturated rings. The molecule has 0 spiro atoms. The number of benzene rings is 1. The van der Waals surface area contributed by atoms with E-state index in [0.29, 0.717) is 11.7 Å². The van der Waals surface area contributed by atoms with E-state index in [2.05, 4.69) is 29.1 Å². The van der Waals surface area contributed by atoms with Crippen LogP contribution in [0.4, 0.5) is 0 Å². The minimum Gasteiger partial charge on any atom is -0.355 e. The lowest BCUT2D eigenvalue weighted by atomic mass is 10.1. The number of hydrogen-bond acceptors (Lipinski definition) is 5. The molecule has 1 N–H and O–H groups in total. The Hall–Kier alpha value is -1.53. The van der Waals surface area contributed by atoms with Crippen molar-refractivity contribution >= 4 is 29.4 Å². The molecule has 6 heteroatoms. The van der Waals surface area contributed by atoms with Crippen molar-refractivity contribution in [3.05, 3.63) is 42.7 Å². The molecule has 122 valence electrons. The topological polar surface area (TPSA) is 54.9 Å². The number of aromatic nitrogens is 2. The lowest BCUT2D eigenvalue weighted by Crippen LogP contribution is -2.26. The van der Waals surface area contributed by atoms with E-state index < -0.39 is 0 Å². The second-order valence-electron chi connectivity index (χ2n) is 5.40. The van der Waals surface area contributed by atoms with Crippen molar-refractivity contribution in [2.75, 3.05) is 12.3 Å². The summed E-state index contributed by atoms with van der Waals surface area (Å²) in [6, 6.07) is 10.0. The fourth-order valence-electron chi connectivity index (χ4n) is 1.77. The molecular weight excluding hydrogens is 326 g/mol. The molecule has 4 nitrogen and oxygen atoms in total. The van der Waals surface area contributed by atoms with Crippen LogP contribution >= 0.6 is 23.5 Å². The Balaban J connectivity index is 1.89. The van der Waals surface area contributed by atoms with Crippen LogP contribution in [-0.4, -0.2) is 28.2 Å². The molecule has 1 heterocycles. The number of carbonyl (C=O) groups is 1. The average molecular weight is 348 g/mol. The first-order valence-corrected chi connectivity index (χ1v) is 9.38. The molecule has 2 aromatic rings. The number of hydrogen-bond donors (Lipinski definition) is 1. The summed E-state index contributed by atoms with van der Waals surface area (Å²) in [6.07, 6.45) is 4.34. The summed E-state index contributed by atoms with van der Waals surface area (Å²) in [4.78, 5) is 21.7. The van der Waals surface area contributed by atoms with E-state index in [4.69, 9.17) is 0 Å². The van der Waals surface area contributed by atoms with Gasteiger partial charge in [0.25, 0.3) is 0 Å². The molecule has 0 atom stereocenters. The minimum atomic E-state index is 0.0389. The van der Waals surface area contributed by atoms with E-state index in [0.717, 1.165) is 27.9 Å². The van der Waals surface area contributed by atoms with Crippen LogP contribution in [0.3, 0.4) is 0 Å². The quantitative estimate of drug-likeness (QED) is 0.734. The van der Waals surface area contributed by atoms with E-state index in [9.17, 15) is 4.79 Å². The van der Waals surface area contributed by atoms with Crippen molar-refractivity contribution in [1.29, 1.82) is 0 Å². The summed E-state index contributed by atoms with van der Waals surface area (Å²) in [7, 11) is 0. The van der Waals surface area contributed by atoms with Gasteiger partial charge in [-0.1, -0.05) is 55.6 Å². The predicted molar refractivity (Wildman–Crippen MR) is 95.8 cm³/mol. The molecule has 1 aromatic heterocycles. The van der Waals surface area contributed by atoms with Crippen LogP contribution in [0, 0.1) is 5.92 Å². The maximum Gasteiger partial charge on any atom is 0.230 e. The lowest BCUT2D eigenvalue weighted by Gasteiger charge is -2.08. The monoisotopic (exact) mass is 347 g/mol. The van der Waals surface area contributed by atoms with Gasteiger partial charge in [0.15, 0.2) is 0 Å². The number of rotatable bonds is 8. The maximum atomic E-state index is 11.9. The highest BCUT2D eigenvalue weighted by Crippen LogP contribution is 2.32. The first-order valence-electron chi connectivity index (χ1n) is 7.58. The van der Waals surface area contributed by atoms with Gasteiger partial charge in [0.05, 0.1) is 5.75 Å². The Labute approximate surface area is 145 Å². The third-order valence-electron chi connectivity index (χ3n) is 2.97. The van der Waals surface area contributed by atoms with Crippen molar-refractivity contribution in [2.24, 2.45) is 5.92 Å². The summed E-state index contributed by atoms with van der Waals surface area (Å²) in [5, 5.41) is 4.56. The Bertz CT molecular complexity index is 620. The van der Waals surface area contributed by atoms with E-state index in [-0.39, 0.29) is 5.91 Å². The SMILES string of the molecule is CC(C)CCNC(=O)CSc1nccnc1Sc1ccccc1. The second-order valence-corrected chi connectivity index (χ2v) is 7.43. The highest BCUT2D eigenvalue weighted by molar-refractivity contribution is 8.02. The lowest BCUT2D eigenvalue weighted by molar-refractivity contribution is -0.118. The van der Waals surface area contributed by atoms with Crippen LogP contribution in [0.25, 0.3) is 0 Å². The van der Waals surface area contributed by atoms with Crippen molar-refractivity contribution in [3.63, 3.8) is 0 Å². The Kier molecular flexibility index (Phi) is 7.42. The summed E-state index contributed by atoms with van der Waals surface area (Å²) in [5.74, 6) is 0.993. The molecule has 1 amide bonds. The van der Waals surface area contributed by atoms with Gasteiger partial charge in [-0.3, -0.25) is 4.79 Å². The maximum absolute atomic E-state index is 11.9. The van der Waals surface area contributed by atoms with Crippen molar-refractivity contribution in [1.82, 2.24) is 15.3 Å². The first-order chi connectivity index (χ1) is 11.1. The van der Waals surface area contributed by atoms with Crippen LogP contribution in [0.15, 0.2) is 57.7 Å². The van der Waals surface area contributed by atoms with Gasteiger partial charge in [0, 0.05) is 23.8 Å². The van der Waals surface area contributed by atoms with Crippen molar-refractivity contribution in [2.45, 2.75) is 35.2 Å². The summed E-state index contributed by atoms with van der Waals surface area (Å²) >= 11 is 2.99. The highest BCUT2D eigenvalue weighted by Gasteiger charge is 2.10. The summed E-state index contributed by atoms with van der Waals surface area (Å²) < 4.78 is 0. The van der Waals surface area contributed by atoms with Gasteiger partial charge < -0.3 is 5.32 Å². The zero-order chi connectivity index (χ0) is 16.5. The molecular formula is C17H21N3OS2. The van der Waals surface area contributed by atoms with E-state index >= 15 is 0 Å². The third kappa shape index (κ3) is 6.62. The normalized spacial score (nSPS) is 10.7. The molecule has 0 bridgehead atoms. The highest BCUT2D eigenvalue weighted by atomic mass is 32.2. The molecule has 0 aliphatic rings. The van der Waals surface area contributed by atoms with Crippen molar-refractivity contribution in [3.8, 4) is 0 Å². The van der Waals surface area contributed by atoms with Gasteiger partial charge in [0.2, 0.25) is 5.91 Å². The second kappa shape index (κ2) is 9.57. The van der Waals surface area contributed by atoms with Gasteiger partial charge in [-0.25, -0.2) is 9.97 Å². The molecule has 0 aliphatic heterocycles. The number of thioether (sulfide) groups is 1. The van der Waals surface area contributed by atoms with Crippen LogP contribution in [0.2, 0.25) is 0 Å². The molecule has 0 unspecified atom stereocenters. The fraction of sp³-hybridized carbons (Fsp3) is 0.353. The Morgan fingerprint density at radius 1 is 1.13 bits per heavy atom. The standard InChI is InChI=1S/C17H21N3OS2/c1-13(2)8-9-18-15(21)12-22-16-17(20-11-10-19-16)23-14-6-4-3-5-7-14/h3-7,10-11,13H,8-9,12H2,1-2H3,(H,18,21). The predicted octanol–water partition coefficient (Wildman–Crippen LogP) is 3.88. The van der Waals surface area contributed by atoms with E-state index in [1.165, 1.54) is 11.8 Å². The van der Waals surface area contributed by atoms with Crippen LogP contribution < -0.4 is 5.32 Å². The number of nitrogens with one attached hydrogen (secondary N) is 1. The average Bonchev–Trinajstić information content (AvgIpc) is 2.55. The molecule has 1 aromatic carbocycles. The van der Waals surface area contributed by atoms with Gasteiger partial charge >= 0.3 is 0 Å². The minimum absolute atomic E-state index is 0.0389. The summed E-state index contributed by atoms with van der Waals surface area (Å²) in [6.45, 7) is 5.02. The largest absolute Gasteiger partial charge is 0.355 e. The van der Waals surface area contributed by atoms with Crippen molar-refractivity contribution < 1.29 is 4.79 Å². The molecule has 0 saturated heterocycles. The molecule has 0 aliphatic carbocycles. The van der Waals surface area contributed by atoms with Crippen LogP contribution in [0.1, 0.15) is 20.3 Å². The summed E-state index contributed by atoms with van der Waals surface area (Å²) in [5.41, 5.74) is 0. The van der Waals surface area contributed by atoms with Gasteiger partial charge in [-0.2, -0.15) is 0 Å². The van der Waals surface area contributed by atoms with E-state index in [1.807, 2.05) is 30.3 Å². The van der Waals surface area contributed by atoms with Gasteiger partial charge in [-0.15, -0.1) is 0 Å². The zero-order valence-corrected chi connectivity index (χ0v) is 15.0.